The summed E-state index contributed by atoms with van der Waals surface area (Å²) in [6.07, 6.45) is 2.41. The van der Waals surface area contributed by atoms with E-state index in [4.69, 9.17) is 4.74 Å². The van der Waals surface area contributed by atoms with E-state index in [0.29, 0.717) is 17.9 Å². The van der Waals surface area contributed by atoms with Gasteiger partial charge < -0.3 is 4.74 Å². The maximum atomic E-state index is 11.9. The number of benzene rings is 1. The van der Waals surface area contributed by atoms with E-state index in [1.165, 1.54) is 5.56 Å². The van der Waals surface area contributed by atoms with Gasteiger partial charge in [-0.1, -0.05) is 49.4 Å². The largest absolute Gasteiger partial charge is 0.466 e. The average molecular weight is 280 g/mol. The molecule has 0 aromatic heterocycles. The van der Waals surface area contributed by atoms with Gasteiger partial charge in [-0.3, -0.25) is 9.59 Å². The Morgan fingerprint density at radius 1 is 1.16 bits per heavy atom. The van der Waals surface area contributed by atoms with Gasteiger partial charge in [0.05, 0.1) is 13.0 Å². The monoisotopic (exact) mass is 280 g/mol. The molecule has 0 aliphatic carbocycles. The van der Waals surface area contributed by atoms with E-state index in [0.717, 1.165) is 24.6 Å². The van der Waals surface area contributed by atoms with E-state index in [1.54, 1.807) is 6.92 Å². The van der Waals surface area contributed by atoms with Crippen LogP contribution in [0, 0.1) is 0 Å². The maximum absolute atomic E-state index is 11.9. The number of esters is 1. The maximum Gasteiger partial charge on any atom is 0.306 e. The molecule has 19 heavy (non-hydrogen) atoms. The van der Waals surface area contributed by atoms with Crippen molar-refractivity contribution in [3.63, 3.8) is 0 Å². The van der Waals surface area contributed by atoms with Crippen molar-refractivity contribution < 1.29 is 14.3 Å². The fraction of sp³-hybridized carbons (Fsp3) is 0.467. The minimum Gasteiger partial charge on any atom is -0.466 e. The smallest absolute Gasteiger partial charge is 0.306 e. The van der Waals surface area contributed by atoms with Gasteiger partial charge in [-0.25, -0.2) is 0 Å². The molecule has 0 fully saturated rings. The van der Waals surface area contributed by atoms with Crippen LogP contribution in [0.2, 0.25) is 0 Å². The summed E-state index contributed by atoms with van der Waals surface area (Å²) in [6, 6.07) is 7.68. The number of thioether (sulfide) groups is 1. The van der Waals surface area contributed by atoms with Crippen LogP contribution in [0.3, 0.4) is 0 Å². The molecule has 0 aliphatic heterocycles. The molecule has 1 aromatic rings. The third kappa shape index (κ3) is 5.92. The summed E-state index contributed by atoms with van der Waals surface area (Å²) in [6.45, 7) is 4.29. The zero-order valence-corrected chi connectivity index (χ0v) is 12.3. The van der Waals surface area contributed by atoms with Crippen LogP contribution in [0.5, 0.6) is 0 Å². The van der Waals surface area contributed by atoms with Crippen LogP contribution in [0.1, 0.15) is 42.6 Å². The number of aryl methyl sites for hydroxylation is 1. The van der Waals surface area contributed by atoms with Gasteiger partial charge in [0, 0.05) is 11.3 Å². The SMILES string of the molecule is CCCc1ccc(C(=O)SCCC(=O)OCC)cc1. The number of rotatable bonds is 7. The Labute approximate surface area is 118 Å². The topological polar surface area (TPSA) is 43.4 Å². The minimum atomic E-state index is -0.249. The molecule has 4 heteroatoms. The molecule has 0 saturated heterocycles. The van der Waals surface area contributed by atoms with Gasteiger partial charge in [-0.05, 0) is 18.9 Å². The Morgan fingerprint density at radius 3 is 2.42 bits per heavy atom. The minimum absolute atomic E-state index is 0.00680. The molecule has 0 saturated carbocycles. The summed E-state index contributed by atoms with van der Waals surface area (Å²) < 4.78 is 4.81. The van der Waals surface area contributed by atoms with Crippen LogP contribution in [0.25, 0.3) is 0 Å². The molecule has 104 valence electrons. The molecule has 0 heterocycles. The van der Waals surface area contributed by atoms with Crippen LogP contribution in [0.15, 0.2) is 24.3 Å². The normalized spacial score (nSPS) is 10.2. The first-order valence-corrected chi connectivity index (χ1v) is 7.57. The summed E-state index contributed by atoms with van der Waals surface area (Å²) in [5.41, 5.74) is 1.93. The number of ether oxygens (including phenoxy) is 1. The van der Waals surface area contributed by atoms with Crippen molar-refractivity contribution in [1.29, 1.82) is 0 Å². The molecule has 0 radical (unpaired) electrons. The molecule has 0 unspecified atom stereocenters. The lowest BCUT2D eigenvalue weighted by atomic mass is 10.1. The fourth-order valence-corrected chi connectivity index (χ4v) is 2.40. The predicted molar refractivity (Wildman–Crippen MR) is 78.5 cm³/mol. The number of hydrogen-bond donors (Lipinski definition) is 0. The number of carbonyl (C=O) groups excluding carboxylic acids is 2. The Hall–Kier alpha value is -1.29. The van der Waals surface area contributed by atoms with Gasteiger partial charge in [0.2, 0.25) is 5.12 Å². The highest BCUT2D eigenvalue weighted by Crippen LogP contribution is 2.15. The van der Waals surface area contributed by atoms with Gasteiger partial charge in [0.25, 0.3) is 0 Å². The lowest BCUT2D eigenvalue weighted by molar-refractivity contribution is -0.142. The van der Waals surface area contributed by atoms with Crippen LogP contribution in [-0.4, -0.2) is 23.4 Å². The quantitative estimate of drug-likeness (QED) is 0.717. The van der Waals surface area contributed by atoms with Crippen LogP contribution < -0.4 is 0 Å². The molecular formula is C15H20O3S. The third-order valence-electron chi connectivity index (χ3n) is 2.57. The molecule has 0 spiro atoms. The van der Waals surface area contributed by atoms with E-state index < -0.39 is 0 Å². The van der Waals surface area contributed by atoms with Gasteiger partial charge in [-0.15, -0.1) is 0 Å². The molecule has 0 bridgehead atoms. The second kappa shape index (κ2) is 8.75. The molecule has 0 atom stereocenters. The van der Waals surface area contributed by atoms with E-state index in [-0.39, 0.29) is 17.5 Å². The van der Waals surface area contributed by atoms with E-state index in [1.807, 2.05) is 24.3 Å². The van der Waals surface area contributed by atoms with E-state index in [2.05, 4.69) is 6.92 Å². The Bertz CT molecular complexity index is 412. The summed E-state index contributed by atoms with van der Waals surface area (Å²) in [7, 11) is 0. The first-order chi connectivity index (χ1) is 9.17. The molecule has 3 nitrogen and oxygen atoms in total. The standard InChI is InChI=1S/C15H20O3S/c1-3-5-12-6-8-13(9-7-12)15(17)19-11-10-14(16)18-4-2/h6-9H,3-5,10-11H2,1-2H3. The van der Waals surface area contributed by atoms with Crippen molar-refractivity contribution in [3.05, 3.63) is 35.4 Å². The number of hydrogen-bond acceptors (Lipinski definition) is 4. The highest BCUT2D eigenvalue weighted by molar-refractivity contribution is 8.14. The zero-order chi connectivity index (χ0) is 14.1. The lowest BCUT2D eigenvalue weighted by Crippen LogP contribution is -2.06. The van der Waals surface area contributed by atoms with Crippen molar-refractivity contribution in [3.8, 4) is 0 Å². The second-order valence-corrected chi connectivity index (χ2v) is 5.21. The lowest BCUT2D eigenvalue weighted by Gasteiger charge is -2.03. The van der Waals surface area contributed by atoms with Crippen molar-refractivity contribution in [2.24, 2.45) is 0 Å². The predicted octanol–water partition coefficient (Wildman–Crippen LogP) is 3.47. The molecule has 0 N–H and O–H groups in total. The Morgan fingerprint density at radius 2 is 1.84 bits per heavy atom. The van der Waals surface area contributed by atoms with Crippen molar-refractivity contribution in [2.75, 3.05) is 12.4 Å². The van der Waals surface area contributed by atoms with Crippen molar-refractivity contribution in [2.45, 2.75) is 33.1 Å². The van der Waals surface area contributed by atoms with Crippen LogP contribution in [-0.2, 0) is 16.0 Å². The van der Waals surface area contributed by atoms with Gasteiger partial charge in [0.1, 0.15) is 0 Å². The van der Waals surface area contributed by atoms with Crippen molar-refractivity contribution >= 4 is 22.8 Å². The first-order valence-electron chi connectivity index (χ1n) is 6.59. The first kappa shape index (κ1) is 15.8. The fourth-order valence-electron chi connectivity index (χ4n) is 1.64. The molecule has 0 aliphatic rings. The molecule has 1 aromatic carbocycles. The Kier molecular flexibility index (Phi) is 7.26. The average Bonchev–Trinajstić information content (AvgIpc) is 2.40. The van der Waals surface area contributed by atoms with Crippen LogP contribution >= 0.6 is 11.8 Å². The highest BCUT2D eigenvalue weighted by atomic mass is 32.2. The van der Waals surface area contributed by atoms with Crippen LogP contribution in [0.4, 0.5) is 0 Å². The second-order valence-electron chi connectivity index (χ2n) is 4.14. The summed E-state index contributed by atoms with van der Waals surface area (Å²) >= 11 is 1.16. The summed E-state index contributed by atoms with van der Waals surface area (Å²) in [4.78, 5) is 23.0. The highest BCUT2D eigenvalue weighted by Gasteiger charge is 2.08. The van der Waals surface area contributed by atoms with E-state index >= 15 is 0 Å². The third-order valence-corrected chi connectivity index (χ3v) is 3.48. The van der Waals surface area contributed by atoms with Crippen molar-refractivity contribution in [1.82, 2.24) is 0 Å². The van der Waals surface area contributed by atoms with E-state index in [9.17, 15) is 9.59 Å². The zero-order valence-electron chi connectivity index (χ0n) is 11.5. The molecule has 1 rings (SSSR count). The molecular weight excluding hydrogens is 260 g/mol. The molecule has 0 amide bonds. The Balaban J connectivity index is 2.38. The van der Waals surface area contributed by atoms with Gasteiger partial charge in [0.15, 0.2) is 0 Å². The summed E-state index contributed by atoms with van der Waals surface area (Å²) in [5, 5.41) is 0.00680. The van der Waals surface area contributed by atoms with Gasteiger partial charge >= 0.3 is 5.97 Å². The number of carbonyl (C=O) groups is 2. The summed E-state index contributed by atoms with van der Waals surface area (Å²) in [5.74, 6) is 0.218. The van der Waals surface area contributed by atoms with Gasteiger partial charge in [-0.2, -0.15) is 0 Å².